The number of hydrogen-bond acceptors (Lipinski definition) is 6. The molecule has 154 valence electrons. The first-order valence-corrected chi connectivity index (χ1v) is 9.92. The molecule has 3 heterocycles. The lowest BCUT2D eigenvalue weighted by Gasteiger charge is -2.28. The highest BCUT2D eigenvalue weighted by atomic mass is 35.5. The van der Waals surface area contributed by atoms with Crippen molar-refractivity contribution in [3.8, 4) is 0 Å². The monoisotopic (exact) mass is 445 g/mol. The Bertz CT molecular complexity index is 1120. The smallest absolute Gasteiger partial charge is 0.259 e. The molecule has 1 aromatic carbocycles. The fourth-order valence-electron chi connectivity index (χ4n) is 3.35. The van der Waals surface area contributed by atoms with E-state index < -0.39 is 5.91 Å². The van der Waals surface area contributed by atoms with Crippen molar-refractivity contribution >= 4 is 41.0 Å². The van der Waals surface area contributed by atoms with Crippen LogP contribution in [0.2, 0.25) is 10.0 Å². The van der Waals surface area contributed by atoms with Crippen molar-refractivity contribution in [3.63, 3.8) is 0 Å². The highest BCUT2D eigenvalue weighted by molar-refractivity contribution is 6.35. The summed E-state index contributed by atoms with van der Waals surface area (Å²) in [7, 11) is 0. The van der Waals surface area contributed by atoms with Crippen molar-refractivity contribution in [1.82, 2.24) is 20.0 Å². The molecule has 30 heavy (non-hydrogen) atoms. The Kier molecular flexibility index (Phi) is 5.44. The van der Waals surface area contributed by atoms with E-state index in [4.69, 9.17) is 27.7 Å². The Morgan fingerprint density at radius 2 is 1.90 bits per heavy atom. The van der Waals surface area contributed by atoms with Crippen LogP contribution in [-0.2, 0) is 13.0 Å². The number of halogens is 2. The van der Waals surface area contributed by atoms with Crippen LogP contribution in [0.3, 0.4) is 0 Å². The van der Waals surface area contributed by atoms with Gasteiger partial charge >= 0.3 is 0 Å². The summed E-state index contributed by atoms with van der Waals surface area (Å²) in [4.78, 5) is 35.7. The minimum atomic E-state index is -0.412. The van der Waals surface area contributed by atoms with Crippen LogP contribution in [-0.4, -0.2) is 38.4 Å². The number of nitrogens with one attached hydrogen (secondary N) is 1. The van der Waals surface area contributed by atoms with Crippen LogP contribution in [0.15, 0.2) is 28.9 Å². The van der Waals surface area contributed by atoms with Gasteiger partial charge in [-0.1, -0.05) is 28.4 Å². The van der Waals surface area contributed by atoms with Gasteiger partial charge in [-0.25, -0.2) is 9.97 Å². The Hall–Kier alpha value is -2.97. The Balaban J connectivity index is 1.49. The standard InChI is InChI=1S/C20H17Cl2N5O3/c1-10-17(11(2)30-26-10)19(29)27-4-3-16-13(9-27)8-23-20(24-16)25-18(28)12-5-14(21)7-15(22)6-12/h5-8H,3-4,9H2,1-2H3,(H,23,24,25,28). The van der Waals surface area contributed by atoms with Gasteiger partial charge in [-0.05, 0) is 32.0 Å². The molecule has 1 aliphatic heterocycles. The summed E-state index contributed by atoms with van der Waals surface area (Å²) in [6.07, 6.45) is 2.16. The van der Waals surface area contributed by atoms with Gasteiger partial charge in [-0.15, -0.1) is 0 Å². The number of carbonyl (C=O) groups excluding carboxylic acids is 2. The second kappa shape index (κ2) is 8.04. The van der Waals surface area contributed by atoms with Gasteiger partial charge in [0.25, 0.3) is 11.8 Å². The molecule has 0 aliphatic carbocycles. The number of anilines is 1. The summed E-state index contributed by atoms with van der Waals surface area (Å²) in [5.74, 6) is 0.136. The largest absolute Gasteiger partial charge is 0.361 e. The van der Waals surface area contributed by atoms with Crippen molar-refractivity contribution in [3.05, 3.63) is 68.3 Å². The van der Waals surface area contributed by atoms with Gasteiger partial charge in [0.15, 0.2) is 0 Å². The summed E-state index contributed by atoms with van der Waals surface area (Å²) < 4.78 is 5.10. The average Bonchev–Trinajstić information content (AvgIpc) is 3.04. The van der Waals surface area contributed by atoms with E-state index in [2.05, 4.69) is 20.4 Å². The quantitative estimate of drug-likeness (QED) is 0.656. The number of carbonyl (C=O) groups is 2. The topological polar surface area (TPSA) is 101 Å². The maximum Gasteiger partial charge on any atom is 0.259 e. The normalized spacial score (nSPS) is 13.1. The molecule has 8 nitrogen and oxygen atoms in total. The molecule has 0 fully saturated rings. The molecule has 2 amide bonds. The lowest BCUT2D eigenvalue weighted by Crippen LogP contribution is -2.37. The number of aromatic nitrogens is 3. The van der Waals surface area contributed by atoms with E-state index >= 15 is 0 Å². The number of hydrogen-bond donors (Lipinski definition) is 1. The van der Waals surface area contributed by atoms with Crippen LogP contribution in [0.4, 0.5) is 5.95 Å². The number of fused-ring (bicyclic) bond motifs is 1. The van der Waals surface area contributed by atoms with Gasteiger partial charge in [-0.3, -0.25) is 14.9 Å². The van der Waals surface area contributed by atoms with Gasteiger partial charge in [0.2, 0.25) is 5.95 Å². The second-order valence-corrected chi connectivity index (χ2v) is 7.83. The molecule has 3 aromatic rings. The number of rotatable bonds is 3. The predicted octanol–water partition coefficient (Wildman–Crippen LogP) is 3.84. The summed E-state index contributed by atoms with van der Waals surface area (Å²) in [6.45, 7) is 4.32. The van der Waals surface area contributed by atoms with E-state index in [1.165, 1.54) is 12.1 Å². The predicted molar refractivity (Wildman–Crippen MR) is 111 cm³/mol. The van der Waals surface area contributed by atoms with Gasteiger partial charge < -0.3 is 9.42 Å². The first-order valence-electron chi connectivity index (χ1n) is 9.16. The summed E-state index contributed by atoms with van der Waals surface area (Å²) >= 11 is 11.9. The molecule has 0 radical (unpaired) electrons. The minimum Gasteiger partial charge on any atom is -0.361 e. The van der Waals surface area contributed by atoms with E-state index in [0.717, 1.165) is 11.3 Å². The van der Waals surface area contributed by atoms with Crippen LogP contribution in [0.1, 0.15) is 43.4 Å². The highest BCUT2D eigenvalue weighted by Gasteiger charge is 2.27. The SMILES string of the molecule is Cc1noc(C)c1C(=O)N1CCc2nc(NC(=O)c3cc(Cl)cc(Cl)c3)ncc2C1. The van der Waals surface area contributed by atoms with E-state index in [1.54, 1.807) is 31.0 Å². The third kappa shape index (κ3) is 4.01. The third-order valence-electron chi connectivity index (χ3n) is 4.82. The van der Waals surface area contributed by atoms with Crippen molar-refractivity contribution < 1.29 is 14.1 Å². The molecule has 10 heteroatoms. The number of nitrogens with zero attached hydrogens (tertiary/aromatic N) is 4. The fraction of sp³-hybridized carbons (Fsp3) is 0.250. The summed E-state index contributed by atoms with van der Waals surface area (Å²) in [5, 5.41) is 7.23. The minimum absolute atomic E-state index is 0.132. The third-order valence-corrected chi connectivity index (χ3v) is 5.25. The first-order chi connectivity index (χ1) is 14.3. The van der Waals surface area contributed by atoms with E-state index in [0.29, 0.717) is 52.1 Å². The highest BCUT2D eigenvalue weighted by Crippen LogP contribution is 2.23. The van der Waals surface area contributed by atoms with E-state index in [9.17, 15) is 9.59 Å². The zero-order chi connectivity index (χ0) is 21.4. The van der Waals surface area contributed by atoms with Gasteiger partial charge in [0, 0.05) is 46.9 Å². The fourth-order valence-corrected chi connectivity index (χ4v) is 3.88. The van der Waals surface area contributed by atoms with Crippen molar-refractivity contribution in [2.24, 2.45) is 0 Å². The number of aryl methyl sites for hydroxylation is 2. The molecule has 0 bridgehead atoms. The molecular weight excluding hydrogens is 429 g/mol. The molecule has 2 aromatic heterocycles. The first kappa shape index (κ1) is 20.3. The molecular formula is C20H17Cl2N5O3. The number of benzene rings is 1. The van der Waals surface area contributed by atoms with Gasteiger partial charge in [0.1, 0.15) is 11.3 Å². The van der Waals surface area contributed by atoms with Gasteiger partial charge in [0.05, 0.1) is 11.4 Å². The zero-order valence-corrected chi connectivity index (χ0v) is 17.7. The van der Waals surface area contributed by atoms with Gasteiger partial charge in [-0.2, -0.15) is 0 Å². The second-order valence-electron chi connectivity index (χ2n) is 6.95. The van der Waals surface area contributed by atoms with Crippen LogP contribution in [0, 0.1) is 13.8 Å². The Labute approximate surface area is 182 Å². The maximum atomic E-state index is 12.8. The summed E-state index contributed by atoms with van der Waals surface area (Å²) in [5.41, 5.74) is 2.98. The lowest BCUT2D eigenvalue weighted by molar-refractivity contribution is 0.0731. The average molecular weight is 446 g/mol. The Morgan fingerprint density at radius 1 is 1.17 bits per heavy atom. The zero-order valence-electron chi connectivity index (χ0n) is 16.2. The van der Waals surface area contributed by atoms with Crippen molar-refractivity contribution in [2.45, 2.75) is 26.8 Å². The van der Waals surface area contributed by atoms with Crippen LogP contribution in [0.5, 0.6) is 0 Å². The Morgan fingerprint density at radius 3 is 2.57 bits per heavy atom. The lowest BCUT2D eigenvalue weighted by atomic mass is 10.1. The molecule has 1 aliphatic rings. The molecule has 0 spiro atoms. The summed E-state index contributed by atoms with van der Waals surface area (Å²) in [6, 6.07) is 4.57. The molecule has 0 atom stereocenters. The maximum absolute atomic E-state index is 12.8. The molecule has 0 saturated heterocycles. The van der Waals surface area contributed by atoms with Crippen molar-refractivity contribution in [2.75, 3.05) is 11.9 Å². The van der Waals surface area contributed by atoms with E-state index in [-0.39, 0.29) is 11.9 Å². The van der Waals surface area contributed by atoms with Crippen LogP contribution >= 0.6 is 23.2 Å². The molecule has 1 N–H and O–H groups in total. The van der Waals surface area contributed by atoms with Crippen molar-refractivity contribution in [1.29, 1.82) is 0 Å². The number of amides is 2. The van der Waals surface area contributed by atoms with Crippen LogP contribution in [0.25, 0.3) is 0 Å². The van der Waals surface area contributed by atoms with E-state index in [1.807, 2.05) is 0 Å². The molecule has 0 unspecified atom stereocenters. The molecule has 4 rings (SSSR count). The molecule has 0 saturated carbocycles. The van der Waals surface area contributed by atoms with Crippen LogP contribution < -0.4 is 5.32 Å².